The van der Waals surface area contributed by atoms with Crippen LogP contribution in [0.4, 0.5) is 0 Å². The summed E-state index contributed by atoms with van der Waals surface area (Å²) < 4.78 is 57.1. The Morgan fingerprint density at radius 2 is 1.48 bits per heavy atom. The first-order chi connectivity index (χ1) is 24.8. The lowest BCUT2D eigenvalue weighted by atomic mass is 9.73. The fourth-order valence-corrected chi connectivity index (χ4v) is 12.4. The number of amides is 4. The van der Waals surface area contributed by atoms with Crippen molar-refractivity contribution in [2.45, 2.75) is 134 Å². The lowest BCUT2D eigenvalue weighted by Crippen LogP contribution is -2.63. The Hall–Kier alpha value is -3.30. The van der Waals surface area contributed by atoms with Gasteiger partial charge in [0.05, 0.1) is 10.1 Å². The SMILES string of the molecule is C=C[C@@H]1C[C@]1(NC(=O)[C@@H]1C[C@@]2(CN1C(=O)[C@@H](NC(=O)[C@@H](NS(=O)(=O)c1ccccc1)C(C)(C)C)C(C)(C)C)C(C)(C)C21CCC1)C(=O)NS(=O)(=O)C1CC1. The summed E-state index contributed by atoms with van der Waals surface area (Å²) in [5, 5.41) is 5.15. The maximum Gasteiger partial charge on any atom is 0.259 e. The number of fused-ring (bicyclic) bond motifs is 1. The molecule has 0 bridgehead atoms. The predicted molar refractivity (Wildman–Crippen MR) is 203 cm³/mol. The summed E-state index contributed by atoms with van der Waals surface area (Å²) in [7, 11) is -8.01. The molecule has 298 valence electrons. The summed E-state index contributed by atoms with van der Waals surface area (Å²) in [6.45, 7) is 19.0. The molecule has 4 aliphatic carbocycles. The number of hydrogen-bond acceptors (Lipinski definition) is 8. The topological polar surface area (TPSA) is 188 Å². The molecule has 13 nitrogen and oxygen atoms in total. The molecule has 6 atom stereocenters. The van der Waals surface area contributed by atoms with E-state index < -0.39 is 89.3 Å². The molecule has 0 aromatic heterocycles. The van der Waals surface area contributed by atoms with Gasteiger partial charge >= 0.3 is 0 Å². The molecule has 4 saturated carbocycles. The summed E-state index contributed by atoms with van der Waals surface area (Å²) in [6, 6.07) is 4.29. The molecule has 0 radical (unpaired) electrons. The summed E-state index contributed by atoms with van der Waals surface area (Å²) in [6.07, 6.45) is 5.95. The van der Waals surface area contributed by atoms with Crippen LogP contribution in [0.1, 0.15) is 100 Å². The summed E-state index contributed by atoms with van der Waals surface area (Å²) in [5.41, 5.74) is -3.92. The van der Waals surface area contributed by atoms with Crippen LogP contribution >= 0.6 is 0 Å². The van der Waals surface area contributed by atoms with Crippen molar-refractivity contribution < 1.29 is 36.0 Å². The number of carbonyl (C=O) groups excluding carboxylic acids is 4. The van der Waals surface area contributed by atoms with Gasteiger partial charge in [-0.2, -0.15) is 4.72 Å². The Labute approximate surface area is 320 Å². The molecule has 2 spiro atoms. The highest BCUT2D eigenvalue weighted by atomic mass is 32.2. The van der Waals surface area contributed by atoms with Gasteiger partial charge < -0.3 is 15.5 Å². The number of benzene rings is 1. The molecule has 54 heavy (non-hydrogen) atoms. The van der Waals surface area contributed by atoms with E-state index in [0.29, 0.717) is 19.3 Å². The lowest BCUT2D eigenvalue weighted by Gasteiger charge is -2.38. The van der Waals surface area contributed by atoms with Gasteiger partial charge in [-0.25, -0.2) is 16.8 Å². The highest BCUT2D eigenvalue weighted by Crippen LogP contribution is 2.88. The van der Waals surface area contributed by atoms with Crippen molar-refractivity contribution in [3.05, 3.63) is 43.0 Å². The Morgan fingerprint density at radius 3 is 1.94 bits per heavy atom. The van der Waals surface area contributed by atoms with Crippen LogP contribution in [0.3, 0.4) is 0 Å². The van der Waals surface area contributed by atoms with Crippen molar-refractivity contribution in [2.24, 2.45) is 33.0 Å². The fraction of sp³-hybridized carbons (Fsp3) is 0.692. The van der Waals surface area contributed by atoms with E-state index in [9.17, 15) is 36.0 Å². The van der Waals surface area contributed by atoms with Crippen molar-refractivity contribution in [1.82, 2.24) is 25.0 Å². The van der Waals surface area contributed by atoms with Gasteiger partial charge in [0.25, 0.3) is 5.91 Å². The van der Waals surface area contributed by atoms with Crippen LogP contribution in [0.5, 0.6) is 0 Å². The van der Waals surface area contributed by atoms with E-state index in [1.54, 1.807) is 64.6 Å². The van der Waals surface area contributed by atoms with E-state index in [4.69, 9.17) is 0 Å². The van der Waals surface area contributed by atoms with E-state index in [2.05, 4.69) is 40.5 Å². The van der Waals surface area contributed by atoms with Gasteiger partial charge in [0.2, 0.25) is 37.8 Å². The smallest absolute Gasteiger partial charge is 0.259 e. The van der Waals surface area contributed by atoms with Crippen LogP contribution in [0, 0.1) is 33.0 Å². The van der Waals surface area contributed by atoms with Crippen LogP contribution in [-0.4, -0.2) is 80.8 Å². The third-order valence-corrected chi connectivity index (χ3v) is 16.8. The molecule has 15 heteroatoms. The molecule has 0 unspecified atom stereocenters. The van der Waals surface area contributed by atoms with Crippen LogP contribution in [0.15, 0.2) is 47.9 Å². The first-order valence-electron chi connectivity index (χ1n) is 19.0. The second kappa shape index (κ2) is 12.9. The maximum atomic E-state index is 15.0. The monoisotopic (exact) mass is 787 g/mol. The zero-order chi connectivity index (χ0) is 40.1. The Bertz CT molecular complexity index is 1960. The van der Waals surface area contributed by atoms with Gasteiger partial charge in [-0.15, -0.1) is 6.58 Å². The van der Waals surface area contributed by atoms with Crippen molar-refractivity contribution in [2.75, 3.05) is 6.54 Å². The third-order valence-electron chi connectivity index (χ3n) is 13.5. The molecule has 1 saturated heterocycles. The predicted octanol–water partition coefficient (Wildman–Crippen LogP) is 3.38. The maximum absolute atomic E-state index is 15.0. The summed E-state index contributed by atoms with van der Waals surface area (Å²) in [5.74, 6) is -3.06. The zero-order valence-corrected chi connectivity index (χ0v) is 34.4. The molecule has 4 amide bonds. The molecular weight excluding hydrogens is 731 g/mol. The minimum atomic E-state index is -4.12. The van der Waals surface area contributed by atoms with Gasteiger partial charge in [0.1, 0.15) is 23.7 Å². The van der Waals surface area contributed by atoms with Crippen LogP contribution in [0.25, 0.3) is 0 Å². The van der Waals surface area contributed by atoms with Crippen molar-refractivity contribution in [3.8, 4) is 0 Å². The molecular formula is C39H57N5O8S2. The molecule has 1 heterocycles. The summed E-state index contributed by atoms with van der Waals surface area (Å²) >= 11 is 0. The van der Waals surface area contributed by atoms with Crippen molar-refractivity contribution >= 4 is 43.7 Å². The lowest BCUT2D eigenvalue weighted by molar-refractivity contribution is -0.145. The van der Waals surface area contributed by atoms with E-state index in [-0.39, 0.29) is 34.1 Å². The van der Waals surface area contributed by atoms with E-state index >= 15 is 0 Å². The largest absolute Gasteiger partial charge is 0.342 e. The molecule has 6 rings (SSSR count). The first kappa shape index (κ1) is 40.4. The number of hydrogen-bond donors (Lipinski definition) is 4. The fourth-order valence-electron chi connectivity index (χ4n) is 9.57. The second-order valence-corrected chi connectivity index (χ2v) is 22.7. The van der Waals surface area contributed by atoms with Gasteiger partial charge in [-0.05, 0) is 72.3 Å². The minimum Gasteiger partial charge on any atom is -0.342 e. The van der Waals surface area contributed by atoms with E-state index in [0.717, 1.165) is 19.3 Å². The zero-order valence-electron chi connectivity index (χ0n) is 32.7. The molecule has 1 aliphatic heterocycles. The first-order valence-corrected chi connectivity index (χ1v) is 22.0. The van der Waals surface area contributed by atoms with Gasteiger partial charge in [-0.3, -0.25) is 23.9 Å². The Morgan fingerprint density at radius 1 is 0.889 bits per heavy atom. The highest BCUT2D eigenvalue weighted by molar-refractivity contribution is 7.91. The molecule has 1 aromatic rings. The highest BCUT2D eigenvalue weighted by Gasteiger charge is 2.85. The van der Waals surface area contributed by atoms with Crippen LogP contribution in [-0.2, 0) is 39.2 Å². The molecule has 4 N–H and O–H groups in total. The van der Waals surface area contributed by atoms with E-state index in [1.807, 2.05) is 0 Å². The number of nitrogens with one attached hydrogen (secondary N) is 4. The van der Waals surface area contributed by atoms with Crippen molar-refractivity contribution in [3.63, 3.8) is 0 Å². The molecule has 1 aromatic carbocycles. The van der Waals surface area contributed by atoms with Crippen molar-refractivity contribution in [1.29, 1.82) is 0 Å². The number of carbonyl (C=O) groups is 4. The Balaban J connectivity index is 1.30. The molecule has 5 fully saturated rings. The Kier molecular flexibility index (Phi) is 9.62. The number of likely N-dealkylation sites (tertiary alicyclic amines) is 1. The third kappa shape index (κ3) is 6.49. The number of nitrogens with zero attached hydrogens (tertiary/aromatic N) is 1. The quantitative estimate of drug-likeness (QED) is 0.232. The summed E-state index contributed by atoms with van der Waals surface area (Å²) in [4.78, 5) is 58.8. The average Bonchev–Trinajstić information content (AvgIpc) is 3.99. The number of sulfonamides is 2. The minimum absolute atomic E-state index is 0.00497. The van der Waals surface area contributed by atoms with Crippen LogP contribution in [0.2, 0.25) is 0 Å². The number of rotatable bonds is 12. The van der Waals surface area contributed by atoms with Gasteiger partial charge in [0.15, 0.2) is 0 Å². The standard InChI is InChI=1S/C39H57N5O8S2/c1-10-24-21-39(24,33(48)43-54(51,52)26-17-18-26)41-30(45)27-22-38(36(8,9)37(38)19-14-20-37)23-44(27)32(47)29(35(5,6)7)40-31(46)28(34(2,3)4)42-53(49,50)25-15-12-11-13-16-25/h10-13,15-16,24,26-29,42H,1,14,17-23H2,2-9H3,(H,40,46)(H,41,45)(H,43,48)/t24-,27+,28-,29-,38-,39-/m1/s1. The van der Waals surface area contributed by atoms with E-state index in [1.165, 1.54) is 18.2 Å². The van der Waals surface area contributed by atoms with Gasteiger partial charge in [0, 0.05) is 17.9 Å². The molecule has 5 aliphatic rings. The van der Waals surface area contributed by atoms with Gasteiger partial charge in [-0.1, -0.05) is 86.1 Å². The second-order valence-electron chi connectivity index (χ2n) is 19.1. The normalized spacial score (nSPS) is 29.4. The average molecular weight is 788 g/mol. The van der Waals surface area contributed by atoms with Crippen LogP contribution < -0.4 is 20.1 Å².